The smallest absolute Gasteiger partial charge is 0.191 e. The summed E-state index contributed by atoms with van der Waals surface area (Å²) < 4.78 is 0. The van der Waals surface area contributed by atoms with E-state index in [1.165, 1.54) is 0 Å². The molecule has 0 bridgehead atoms. The molecule has 0 aromatic heterocycles. The highest BCUT2D eigenvalue weighted by atomic mass is 15.3. The van der Waals surface area contributed by atoms with Gasteiger partial charge in [-0.25, -0.2) is 4.99 Å². The van der Waals surface area contributed by atoms with Crippen LogP contribution in [0.4, 0.5) is 0 Å². The van der Waals surface area contributed by atoms with Gasteiger partial charge in [0.2, 0.25) is 0 Å². The van der Waals surface area contributed by atoms with Crippen LogP contribution in [-0.4, -0.2) is 29.5 Å². The average Bonchev–Trinajstić information content (AvgIpc) is 1.98. The Bertz CT molecular complexity index is 213. The first-order valence-corrected chi connectivity index (χ1v) is 5.71. The molecule has 15 heavy (non-hydrogen) atoms. The molecule has 0 aliphatic carbocycles. The third-order valence-corrected chi connectivity index (χ3v) is 2.29. The molecule has 0 heterocycles. The first-order valence-electron chi connectivity index (χ1n) is 5.71. The molecule has 0 aromatic carbocycles. The van der Waals surface area contributed by atoms with Gasteiger partial charge in [0.15, 0.2) is 5.96 Å². The second kappa shape index (κ2) is 5.38. The van der Waals surface area contributed by atoms with Crippen molar-refractivity contribution in [3.05, 3.63) is 0 Å². The van der Waals surface area contributed by atoms with E-state index in [-0.39, 0.29) is 5.54 Å². The maximum Gasteiger partial charge on any atom is 0.191 e. The number of hydrogen-bond acceptors (Lipinski definition) is 1. The van der Waals surface area contributed by atoms with E-state index in [2.05, 4.69) is 51.4 Å². The fourth-order valence-electron chi connectivity index (χ4n) is 1.49. The molecule has 2 N–H and O–H groups in total. The number of nitrogens with two attached hydrogens (primary N) is 1. The van der Waals surface area contributed by atoms with Gasteiger partial charge >= 0.3 is 0 Å². The highest BCUT2D eigenvalue weighted by Gasteiger charge is 2.15. The number of hydrogen-bond donors (Lipinski definition) is 1. The molecule has 0 aliphatic rings. The Hall–Kier alpha value is -0.730. The van der Waals surface area contributed by atoms with Crippen LogP contribution in [0.25, 0.3) is 0 Å². The van der Waals surface area contributed by atoms with Gasteiger partial charge in [-0.3, -0.25) is 0 Å². The highest BCUT2D eigenvalue weighted by Crippen LogP contribution is 2.11. The fourth-order valence-corrected chi connectivity index (χ4v) is 1.49. The SMILES string of the molecule is CC(C)CC(C)N(C)C(N)=NC(C)(C)C. The van der Waals surface area contributed by atoms with Gasteiger partial charge in [0.05, 0.1) is 5.54 Å². The summed E-state index contributed by atoms with van der Waals surface area (Å²) >= 11 is 0. The molecule has 3 heteroatoms. The van der Waals surface area contributed by atoms with Crippen LogP contribution in [0.5, 0.6) is 0 Å². The lowest BCUT2D eigenvalue weighted by Gasteiger charge is -2.28. The summed E-state index contributed by atoms with van der Waals surface area (Å²) in [6, 6.07) is 0.441. The first kappa shape index (κ1) is 14.3. The van der Waals surface area contributed by atoms with Gasteiger partial charge in [-0.2, -0.15) is 0 Å². The normalized spacial score (nSPS) is 15.6. The molecule has 0 aromatic rings. The van der Waals surface area contributed by atoms with E-state index in [1.54, 1.807) is 0 Å². The van der Waals surface area contributed by atoms with E-state index >= 15 is 0 Å². The van der Waals surface area contributed by atoms with Crippen molar-refractivity contribution in [1.82, 2.24) is 4.90 Å². The molecular weight excluding hydrogens is 186 g/mol. The maximum atomic E-state index is 5.96. The van der Waals surface area contributed by atoms with Gasteiger partial charge in [-0.1, -0.05) is 13.8 Å². The Labute approximate surface area is 94.7 Å². The van der Waals surface area contributed by atoms with Crippen molar-refractivity contribution in [3.8, 4) is 0 Å². The van der Waals surface area contributed by atoms with Crippen molar-refractivity contribution in [2.24, 2.45) is 16.6 Å². The molecule has 0 radical (unpaired) electrons. The molecule has 0 amide bonds. The number of rotatable bonds is 3. The second-order valence-corrected chi connectivity index (χ2v) is 5.73. The van der Waals surface area contributed by atoms with Crippen molar-refractivity contribution < 1.29 is 0 Å². The molecule has 0 aliphatic heterocycles. The minimum atomic E-state index is -0.101. The predicted octanol–water partition coefficient (Wildman–Crippen LogP) is 2.47. The Kier molecular flexibility index (Phi) is 5.12. The number of guanidine groups is 1. The van der Waals surface area contributed by atoms with E-state index in [0.717, 1.165) is 6.42 Å². The van der Waals surface area contributed by atoms with Crippen LogP contribution in [0, 0.1) is 5.92 Å². The molecular formula is C12H27N3. The lowest BCUT2D eigenvalue weighted by atomic mass is 10.0. The Morgan fingerprint density at radius 1 is 1.27 bits per heavy atom. The van der Waals surface area contributed by atoms with Crippen molar-refractivity contribution >= 4 is 5.96 Å². The number of aliphatic imine (C=N–C) groups is 1. The van der Waals surface area contributed by atoms with Crippen molar-refractivity contribution in [2.45, 2.75) is 59.5 Å². The van der Waals surface area contributed by atoms with Gasteiger partial charge in [0.1, 0.15) is 0 Å². The van der Waals surface area contributed by atoms with E-state index < -0.39 is 0 Å². The molecule has 1 unspecified atom stereocenters. The third-order valence-electron chi connectivity index (χ3n) is 2.29. The number of nitrogens with zero attached hydrogens (tertiary/aromatic N) is 2. The average molecular weight is 213 g/mol. The van der Waals surface area contributed by atoms with Gasteiger partial charge in [-0.05, 0) is 40.0 Å². The van der Waals surface area contributed by atoms with E-state index in [0.29, 0.717) is 17.9 Å². The molecule has 0 saturated carbocycles. The second-order valence-electron chi connectivity index (χ2n) is 5.73. The molecule has 0 fully saturated rings. The molecule has 0 saturated heterocycles. The van der Waals surface area contributed by atoms with Crippen LogP contribution in [0.2, 0.25) is 0 Å². The van der Waals surface area contributed by atoms with E-state index in [4.69, 9.17) is 5.73 Å². The summed E-state index contributed by atoms with van der Waals surface area (Å²) in [5.74, 6) is 1.32. The zero-order valence-corrected chi connectivity index (χ0v) is 11.3. The molecule has 0 rings (SSSR count). The van der Waals surface area contributed by atoms with Gasteiger partial charge in [0, 0.05) is 13.1 Å². The fraction of sp³-hybridized carbons (Fsp3) is 0.917. The van der Waals surface area contributed by atoms with Crippen LogP contribution in [0.3, 0.4) is 0 Å². The van der Waals surface area contributed by atoms with Gasteiger partial charge in [0.25, 0.3) is 0 Å². The van der Waals surface area contributed by atoms with Crippen LogP contribution in [0.15, 0.2) is 4.99 Å². The lowest BCUT2D eigenvalue weighted by molar-refractivity contribution is 0.326. The summed E-state index contributed by atoms with van der Waals surface area (Å²) in [6.07, 6.45) is 1.14. The highest BCUT2D eigenvalue weighted by molar-refractivity contribution is 5.78. The van der Waals surface area contributed by atoms with Gasteiger partial charge < -0.3 is 10.6 Å². The van der Waals surface area contributed by atoms with Crippen molar-refractivity contribution in [1.29, 1.82) is 0 Å². The summed E-state index contributed by atoms with van der Waals surface area (Å²) in [6.45, 7) is 12.8. The summed E-state index contributed by atoms with van der Waals surface area (Å²) in [5, 5.41) is 0. The predicted molar refractivity (Wildman–Crippen MR) is 68.1 cm³/mol. The van der Waals surface area contributed by atoms with Crippen LogP contribution >= 0.6 is 0 Å². The van der Waals surface area contributed by atoms with Crippen LogP contribution in [0.1, 0.15) is 48.0 Å². The Morgan fingerprint density at radius 3 is 2.07 bits per heavy atom. The topological polar surface area (TPSA) is 41.6 Å². The first-order chi connectivity index (χ1) is 6.63. The zero-order valence-electron chi connectivity index (χ0n) is 11.3. The summed E-state index contributed by atoms with van der Waals surface area (Å²) in [5.41, 5.74) is 5.85. The molecule has 1 atom stereocenters. The Balaban J connectivity index is 4.44. The molecule has 90 valence electrons. The van der Waals surface area contributed by atoms with Crippen LogP contribution < -0.4 is 5.73 Å². The van der Waals surface area contributed by atoms with E-state index in [1.807, 2.05) is 7.05 Å². The third kappa shape index (κ3) is 6.37. The summed E-state index contributed by atoms with van der Waals surface area (Å²) in [7, 11) is 2.01. The summed E-state index contributed by atoms with van der Waals surface area (Å²) in [4.78, 5) is 6.52. The zero-order chi connectivity index (χ0) is 12.2. The quantitative estimate of drug-likeness (QED) is 0.578. The minimum Gasteiger partial charge on any atom is -0.370 e. The maximum absolute atomic E-state index is 5.96. The molecule has 0 spiro atoms. The molecule has 3 nitrogen and oxygen atoms in total. The monoisotopic (exact) mass is 213 g/mol. The Morgan fingerprint density at radius 2 is 1.73 bits per heavy atom. The standard InChI is InChI=1S/C12H27N3/c1-9(2)8-10(3)15(7)11(13)14-12(4,5)6/h9-10H,8H2,1-7H3,(H2,13,14). The van der Waals surface area contributed by atoms with E-state index in [9.17, 15) is 0 Å². The van der Waals surface area contributed by atoms with Crippen LogP contribution in [-0.2, 0) is 0 Å². The van der Waals surface area contributed by atoms with Crippen molar-refractivity contribution in [2.75, 3.05) is 7.05 Å². The van der Waals surface area contributed by atoms with Crippen molar-refractivity contribution in [3.63, 3.8) is 0 Å². The van der Waals surface area contributed by atoms with Gasteiger partial charge in [-0.15, -0.1) is 0 Å². The minimum absolute atomic E-state index is 0.101. The largest absolute Gasteiger partial charge is 0.370 e. The lowest BCUT2D eigenvalue weighted by Crippen LogP contribution is -2.42.